The molecule has 0 radical (unpaired) electrons. The van der Waals surface area contributed by atoms with E-state index in [0.717, 1.165) is 48.1 Å². The van der Waals surface area contributed by atoms with Crippen LogP contribution >= 0.6 is 0 Å². The van der Waals surface area contributed by atoms with E-state index in [0.29, 0.717) is 35.4 Å². The first-order valence-corrected chi connectivity index (χ1v) is 13.2. The van der Waals surface area contributed by atoms with Crippen LogP contribution in [0.3, 0.4) is 0 Å². The number of aromatic nitrogens is 5. The number of rotatable bonds is 6. The molecule has 1 aliphatic rings. The number of hydrogen-bond acceptors (Lipinski definition) is 7. The molecule has 0 aliphatic carbocycles. The van der Waals surface area contributed by atoms with Crippen molar-refractivity contribution in [1.29, 1.82) is 5.26 Å². The molecule has 1 saturated heterocycles. The van der Waals surface area contributed by atoms with Gasteiger partial charge in [-0.15, -0.1) is 0 Å². The second kappa shape index (κ2) is 10.3. The lowest BCUT2D eigenvalue weighted by Crippen LogP contribution is -2.32. The summed E-state index contributed by atoms with van der Waals surface area (Å²) >= 11 is 0. The number of imidazole rings is 1. The Morgan fingerprint density at radius 1 is 1.10 bits per heavy atom. The number of benzene rings is 2. The first kappa shape index (κ1) is 24.8. The lowest BCUT2D eigenvalue weighted by Gasteiger charge is -2.28. The average molecular weight is 520 g/mol. The van der Waals surface area contributed by atoms with Crippen LogP contribution in [0.2, 0.25) is 0 Å². The fourth-order valence-corrected chi connectivity index (χ4v) is 5.22. The topological polar surface area (TPSA) is 101 Å². The molecule has 9 heteroatoms. The third-order valence-corrected chi connectivity index (χ3v) is 7.59. The summed E-state index contributed by atoms with van der Waals surface area (Å²) in [6.45, 7) is 4.88. The third-order valence-electron chi connectivity index (χ3n) is 7.59. The van der Waals surface area contributed by atoms with Crippen molar-refractivity contribution in [3.63, 3.8) is 0 Å². The van der Waals surface area contributed by atoms with Crippen LogP contribution in [0.15, 0.2) is 71.9 Å². The lowest BCUT2D eigenvalue weighted by atomic mass is 9.98. The minimum atomic E-state index is -0.300. The Kier molecular flexibility index (Phi) is 6.55. The van der Waals surface area contributed by atoms with Crippen LogP contribution < -0.4 is 10.3 Å². The second-order valence-electron chi connectivity index (χ2n) is 10.2. The predicted octanol–water partition coefficient (Wildman–Crippen LogP) is 4.31. The van der Waals surface area contributed by atoms with E-state index in [2.05, 4.69) is 28.0 Å². The van der Waals surface area contributed by atoms with Gasteiger partial charge in [-0.2, -0.15) is 5.26 Å². The van der Waals surface area contributed by atoms with E-state index in [4.69, 9.17) is 9.72 Å². The summed E-state index contributed by atoms with van der Waals surface area (Å²) < 4.78 is 9.50. The zero-order valence-electron chi connectivity index (χ0n) is 22.0. The van der Waals surface area contributed by atoms with E-state index in [9.17, 15) is 10.1 Å². The Morgan fingerprint density at radius 2 is 1.90 bits per heavy atom. The maximum atomic E-state index is 13.0. The zero-order valence-corrected chi connectivity index (χ0v) is 22.0. The quantitative estimate of drug-likeness (QED) is 0.329. The largest absolute Gasteiger partial charge is 0.490 e. The van der Waals surface area contributed by atoms with Gasteiger partial charge in [0, 0.05) is 17.8 Å². The van der Waals surface area contributed by atoms with E-state index in [1.165, 1.54) is 6.07 Å². The number of likely N-dealkylation sites (tertiary alicyclic amines) is 1. The van der Waals surface area contributed by atoms with Crippen LogP contribution in [0.5, 0.6) is 5.75 Å². The highest BCUT2D eigenvalue weighted by atomic mass is 16.5. The van der Waals surface area contributed by atoms with Gasteiger partial charge in [0.25, 0.3) is 5.56 Å². The van der Waals surface area contributed by atoms with Gasteiger partial charge in [-0.25, -0.2) is 15.0 Å². The molecule has 9 nitrogen and oxygen atoms in total. The molecule has 0 bridgehead atoms. The fraction of sp³-hybridized carbons (Fsp3) is 0.300. The van der Waals surface area contributed by atoms with E-state index in [-0.39, 0.29) is 11.6 Å². The Bertz CT molecular complexity index is 1740. The van der Waals surface area contributed by atoms with Gasteiger partial charge >= 0.3 is 0 Å². The van der Waals surface area contributed by atoms with Gasteiger partial charge in [0.15, 0.2) is 11.6 Å². The number of hydrogen-bond donors (Lipinski definition) is 0. The molecule has 0 saturated carbocycles. The highest BCUT2D eigenvalue weighted by molar-refractivity contribution is 5.81. The molecule has 1 fully saturated rings. The zero-order chi connectivity index (χ0) is 26.9. The summed E-state index contributed by atoms with van der Waals surface area (Å²) in [5.41, 5.74) is 3.68. The molecule has 196 valence electrons. The van der Waals surface area contributed by atoms with Crippen molar-refractivity contribution in [1.82, 2.24) is 28.8 Å². The molecule has 4 heterocycles. The molecule has 39 heavy (non-hydrogen) atoms. The van der Waals surface area contributed by atoms with Crippen LogP contribution in [0.1, 0.15) is 36.9 Å². The van der Waals surface area contributed by atoms with Gasteiger partial charge in [0.1, 0.15) is 0 Å². The summed E-state index contributed by atoms with van der Waals surface area (Å²) in [7, 11) is 2.16. The lowest BCUT2D eigenvalue weighted by molar-refractivity contribution is 0.159. The number of piperidine rings is 1. The number of fused-ring (bicyclic) bond motifs is 3. The van der Waals surface area contributed by atoms with Crippen molar-refractivity contribution in [3.05, 3.63) is 88.6 Å². The highest BCUT2D eigenvalue weighted by Crippen LogP contribution is 2.26. The summed E-state index contributed by atoms with van der Waals surface area (Å²) in [6.07, 6.45) is 7.45. The molecule has 0 N–H and O–H groups in total. The van der Waals surface area contributed by atoms with E-state index in [1.807, 2.05) is 35.6 Å². The molecule has 0 amide bonds. The Hall–Kier alpha value is -4.55. The molecule has 2 aromatic carbocycles. The minimum Gasteiger partial charge on any atom is -0.490 e. The Balaban J connectivity index is 1.25. The Labute approximate surface area is 226 Å². The highest BCUT2D eigenvalue weighted by Gasteiger charge is 2.19. The van der Waals surface area contributed by atoms with Crippen molar-refractivity contribution >= 4 is 16.8 Å². The van der Waals surface area contributed by atoms with Crippen molar-refractivity contribution in [2.24, 2.45) is 5.92 Å². The maximum Gasteiger partial charge on any atom is 0.255 e. The van der Waals surface area contributed by atoms with Crippen LogP contribution in [0.25, 0.3) is 28.2 Å². The number of ether oxygens (including phenoxy) is 1. The maximum absolute atomic E-state index is 13.0. The van der Waals surface area contributed by atoms with Crippen LogP contribution in [-0.4, -0.2) is 55.6 Å². The van der Waals surface area contributed by atoms with Gasteiger partial charge in [0.2, 0.25) is 5.78 Å². The van der Waals surface area contributed by atoms with Crippen LogP contribution in [0.4, 0.5) is 0 Å². The molecule has 6 rings (SSSR count). The number of nitriles is 1. The average Bonchev–Trinajstić information content (AvgIpc) is 3.34. The van der Waals surface area contributed by atoms with Crippen molar-refractivity contribution in [2.75, 3.05) is 26.7 Å². The molecule has 1 aliphatic heterocycles. The van der Waals surface area contributed by atoms with Gasteiger partial charge in [-0.1, -0.05) is 18.2 Å². The summed E-state index contributed by atoms with van der Waals surface area (Å²) in [4.78, 5) is 29.2. The molecular weight excluding hydrogens is 490 g/mol. The molecule has 5 aromatic rings. The van der Waals surface area contributed by atoms with Gasteiger partial charge in [0.05, 0.1) is 47.7 Å². The van der Waals surface area contributed by atoms with E-state index >= 15 is 0 Å². The van der Waals surface area contributed by atoms with Crippen molar-refractivity contribution in [2.45, 2.75) is 25.8 Å². The first-order chi connectivity index (χ1) is 19.0. The van der Waals surface area contributed by atoms with E-state index in [1.54, 1.807) is 41.4 Å². The summed E-state index contributed by atoms with van der Waals surface area (Å²) in [5.74, 6) is 2.35. The van der Waals surface area contributed by atoms with Crippen LogP contribution in [0, 0.1) is 17.2 Å². The molecule has 3 aromatic heterocycles. The van der Waals surface area contributed by atoms with Crippen molar-refractivity contribution < 1.29 is 4.74 Å². The first-order valence-electron chi connectivity index (χ1n) is 13.2. The summed E-state index contributed by atoms with van der Waals surface area (Å²) in [5, 5.41) is 9.31. The Morgan fingerprint density at radius 3 is 2.67 bits per heavy atom. The SMILES string of the molecule is C[C@@H](c1cccc(-c2ncc(OCC3CCN(C)CC3)cn2)c1)n1c(=O)ccn2c3cc(C#N)ccc3nc12. The van der Waals surface area contributed by atoms with Gasteiger partial charge in [-0.3, -0.25) is 13.8 Å². The number of nitrogens with zero attached hydrogens (tertiary/aromatic N) is 7. The predicted molar refractivity (Wildman–Crippen MR) is 149 cm³/mol. The molecular formula is C30H29N7O2. The van der Waals surface area contributed by atoms with E-state index < -0.39 is 0 Å². The van der Waals surface area contributed by atoms with Crippen LogP contribution in [-0.2, 0) is 0 Å². The third kappa shape index (κ3) is 4.87. The van der Waals surface area contributed by atoms with Crippen molar-refractivity contribution in [3.8, 4) is 23.2 Å². The normalized spacial score (nSPS) is 15.4. The smallest absolute Gasteiger partial charge is 0.255 e. The fourth-order valence-electron chi connectivity index (χ4n) is 5.22. The second-order valence-corrected chi connectivity index (χ2v) is 10.2. The summed E-state index contributed by atoms with van der Waals surface area (Å²) in [6, 6.07) is 16.6. The van der Waals surface area contributed by atoms with Gasteiger partial charge in [-0.05, 0) is 75.6 Å². The standard InChI is InChI=1S/C30H29N7O2/c1-20(37-28(38)10-13-36-27-14-22(16-31)6-7-26(27)34-30(36)37)23-4-3-5-24(15-23)29-32-17-25(18-33-29)39-19-21-8-11-35(2)12-9-21/h3-7,10,13-15,17-18,20-21H,8-9,11-12,19H2,1-2H3/t20-/m0/s1. The molecule has 0 spiro atoms. The van der Waals surface area contributed by atoms with Gasteiger partial charge < -0.3 is 9.64 Å². The molecule has 0 unspecified atom stereocenters. The minimum absolute atomic E-state index is 0.154. The molecule has 1 atom stereocenters. The monoisotopic (exact) mass is 519 g/mol.